The first-order valence-electron chi connectivity index (χ1n) is 8.83. The van der Waals surface area contributed by atoms with Crippen LogP contribution in [0.4, 0.5) is 0 Å². The lowest BCUT2D eigenvalue weighted by atomic mass is 10.1. The van der Waals surface area contributed by atoms with Gasteiger partial charge in [-0.3, -0.25) is 4.99 Å². The molecule has 0 aliphatic heterocycles. The van der Waals surface area contributed by atoms with Crippen molar-refractivity contribution in [3.8, 4) is 0 Å². The summed E-state index contributed by atoms with van der Waals surface area (Å²) in [6.45, 7) is 4.07. The molecule has 0 spiro atoms. The smallest absolute Gasteiger partial charge is 0.193 e. The molecule has 2 aromatic carbocycles. The van der Waals surface area contributed by atoms with Gasteiger partial charge >= 0.3 is 0 Å². The Morgan fingerprint density at radius 2 is 1.81 bits per heavy atom. The molecule has 0 atom stereocenters. The van der Waals surface area contributed by atoms with Crippen LogP contribution >= 0.6 is 11.6 Å². The molecule has 0 heterocycles. The van der Waals surface area contributed by atoms with Crippen LogP contribution in [0.3, 0.4) is 0 Å². The van der Waals surface area contributed by atoms with E-state index in [4.69, 9.17) is 11.6 Å². The van der Waals surface area contributed by atoms with Gasteiger partial charge in [0.1, 0.15) is 0 Å². The Morgan fingerprint density at radius 3 is 2.41 bits per heavy atom. The minimum atomic E-state index is -3.16. The van der Waals surface area contributed by atoms with Crippen LogP contribution in [0.15, 0.2) is 58.4 Å². The SMILES string of the molecule is CCNC(=NCCc1ccc(S(C)(=O)=O)cc1)N(C)Cc1ccccc1Cl. The van der Waals surface area contributed by atoms with Gasteiger partial charge in [-0.1, -0.05) is 41.9 Å². The molecule has 5 nitrogen and oxygen atoms in total. The molecule has 0 amide bonds. The number of sulfone groups is 1. The van der Waals surface area contributed by atoms with Crippen molar-refractivity contribution < 1.29 is 8.42 Å². The number of hydrogen-bond acceptors (Lipinski definition) is 3. The molecule has 27 heavy (non-hydrogen) atoms. The second-order valence-electron chi connectivity index (χ2n) is 6.35. The van der Waals surface area contributed by atoms with Gasteiger partial charge < -0.3 is 10.2 Å². The third-order valence-corrected chi connectivity index (χ3v) is 5.57. The van der Waals surface area contributed by atoms with Gasteiger partial charge in [0.2, 0.25) is 0 Å². The van der Waals surface area contributed by atoms with Crippen molar-refractivity contribution in [2.75, 3.05) is 26.4 Å². The maximum atomic E-state index is 11.5. The van der Waals surface area contributed by atoms with Gasteiger partial charge in [0.25, 0.3) is 0 Å². The Balaban J connectivity index is 2.01. The molecule has 0 fully saturated rings. The van der Waals surface area contributed by atoms with E-state index in [1.165, 1.54) is 6.26 Å². The molecule has 0 aliphatic carbocycles. The number of halogens is 1. The van der Waals surface area contributed by atoms with Gasteiger partial charge in [0.05, 0.1) is 4.90 Å². The maximum absolute atomic E-state index is 11.5. The summed E-state index contributed by atoms with van der Waals surface area (Å²) in [6.07, 6.45) is 1.95. The minimum absolute atomic E-state index is 0.336. The van der Waals surface area contributed by atoms with E-state index < -0.39 is 9.84 Å². The van der Waals surface area contributed by atoms with E-state index in [2.05, 4.69) is 10.3 Å². The standard InChI is InChI=1S/C20H26ClN3O2S/c1-4-22-20(24(2)15-17-7-5-6-8-19(17)21)23-14-13-16-9-11-18(12-10-16)27(3,25)26/h5-12H,4,13-15H2,1-3H3,(H,22,23). The summed E-state index contributed by atoms with van der Waals surface area (Å²) < 4.78 is 23.0. The Hall–Kier alpha value is -2.05. The van der Waals surface area contributed by atoms with E-state index in [0.717, 1.165) is 35.1 Å². The summed E-state index contributed by atoms with van der Waals surface area (Å²) in [5.74, 6) is 0.810. The fourth-order valence-electron chi connectivity index (χ4n) is 2.62. The Kier molecular flexibility index (Phi) is 7.68. The number of nitrogens with zero attached hydrogens (tertiary/aromatic N) is 2. The molecule has 2 aromatic rings. The van der Waals surface area contributed by atoms with Crippen molar-refractivity contribution >= 4 is 27.4 Å². The van der Waals surface area contributed by atoms with Crippen molar-refractivity contribution in [1.82, 2.24) is 10.2 Å². The largest absolute Gasteiger partial charge is 0.357 e. The molecule has 1 N–H and O–H groups in total. The van der Waals surface area contributed by atoms with Crippen molar-refractivity contribution in [2.45, 2.75) is 24.8 Å². The second kappa shape index (κ2) is 9.76. The van der Waals surface area contributed by atoms with Crippen molar-refractivity contribution in [1.29, 1.82) is 0 Å². The maximum Gasteiger partial charge on any atom is 0.193 e. The van der Waals surface area contributed by atoms with Gasteiger partial charge in [0, 0.05) is 38.0 Å². The van der Waals surface area contributed by atoms with Crippen molar-refractivity contribution in [3.05, 3.63) is 64.7 Å². The van der Waals surface area contributed by atoms with E-state index in [9.17, 15) is 8.42 Å². The molecular weight excluding hydrogens is 382 g/mol. The zero-order valence-corrected chi connectivity index (χ0v) is 17.5. The number of nitrogens with one attached hydrogen (secondary N) is 1. The average molecular weight is 408 g/mol. The molecule has 0 bridgehead atoms. The van der Waals surface area contributed by atoms with E-state index in [1.54, 1.807) is 12.1 Å². The predicted molar refractivity (Wildman–Crippen MR) is 112 cm³/mol. The molecule has 146 valence electrons. The molecule has 0 saturated heterocycles. The zero-order chi connectivity index (χ0) is 19.9. The third-order valence-electron chi connectivity index (χ3n) is 4.08. The van der Waals surface area contributed by atoms with Gasteiger partial charge in [-0.05, 0) is 42.7 Å². The summed E-state index contributed by atoms with van der Waals surface area (Å²) in [5.41, 5.74) is 2.10. The average Bonchev–Trinajstić information content (AvgIpc) is 2.62. The van der Waals surface area contributed by atoms with Crippen LogP contribution in [0.2, 0.25) is 5.02 Å². The molecule has 0 aromatic heterocycles. The Bertz CT molecular complexity index is 880. The monoisotopic (exact) mass is 407 g/mol. The lowest BCUT2D eigenvalue weighted by Crippen LogP contribution is -2.38. The summed E-state index contributed by atoms with van der Waals surface area (Å²) >= 11 is 6.25. The third kappa shape index (κ3) is 6.56. The Labute approximate surface area is 167 Å². The first-order valence-corrected chi connectivity index (χ1v) is 11.1. The Morgan fingerprint density at radius 1 is 1.15 bits per heavy atom. The van der Waals surface area contributed by atoms with Gasteiger partial charge in [-0.2, -0.15) is 0 Å². The molecule has 0 saturated carbocycles. The highest BCUT2D eigenvalue weighted by Gasteiger charge is 2.09. The number of rotatable bonds is 7. The van der Waals surface area contributed by atoms with Crippen LogP contribution in [0.25, 0.3) is 0 Å². The van der Waals surface area contributed by atoms with E-state index in [0.29, 0.717) is 18.0 Å². The molecule has 0 radical (unpaired) electrons. The fourth-order valence-corrected chi connectivity index (χ4v) is 3.45. The van der Waals surface area contributed by atoms with Gasteiger partial charge in [-0.15, -0.1) is 0 Å². The molecule has 0 unspecified atom stereocenters. The minimum Gasteiger partial charge on any atom is -0.357 e. The highest BCUT2D eigenvalue weighted by Crippen LogP contribution is 2.16. The zero-order valence-electron chi connectivity index (χ0n) is 15.9. The van der Waals surface area contributed by atoms with E-state index >= 15 is 0 Å². The van der Waals surface area contributed by atoms with Crippen LogP contribution in [-0.2, 0) is 22.8 Å². The van der Waals surface area contributed by atoms with Crippen LogP contribution in [0.1, 0.15) is 18.1 Å². The van der Waals surface area contributed by atoms with Crippen LogP contribution in [0.5, 0.6) is 0 Å². The van der Waals surface area contributed by atoms with Crippen molar-refractivity contribution in [2.24, 2.45) is 4.99 Å². The highest BCUT2D eigenvalue weighted by molar-refractivity contribution is 7.90. The highest BCUT2D eigenvalue weighted by atomic mass is 35.5. The molecular formula is C20H26ClN3O2S. The number of benzene rings is 2. The molecule has 0 aliphatic rings. The van der Waals surface area contributed by atoms with E-state index in [1.807, 2.05) is 55.3 Å². The lowest BCUT2D eigenvalue weighted by molar-refractivity contribution is 0.477. The van der Waals surface area contributed by atoms with Crippen molar-refractivity contribution in [3.63, 3.8) is 0 Å². The predicted octanol–water partition coefficient (Wildman–Crippen LogP) is 3.38. The first-order chi connectivity index (χ1) is 12.8. The van der Waals surface area contributed by atoms with E-state index in [-0.39, 0.29) is 0 Å². The number of hydrogen-bond donors (Lipinski definition) is 1. The quantitative estimate of drug-likeness (QED) is 0.564. The summed E-state index contributed by atoms with van der Waals surface area (Å²) in [4.78, 5) is 7.05. The number of aliphatic imine (C=N–C) groups is 1. The summed E-state index contributed by atoms with van der Waals surface area (Å²) in [5, 5.41) is 4.03. The molecule has 7 heteroatoms. The molecule has 2 rings (SSSR count). The fraction of sp³-hybridized carbons (Fsp3) is 0.350. The van der Waals surface area contributed by atoms with Gasteiger partial charge in [0.15, 0.2) is 15.8 Å². The summed E-state index contributed by atoms with van der Waals surface area (Å²) in [6, 6.07) is 14.7. The van der Waals surface area contributed by atoms with Gasteiger partial charge in [-0.25, -0.2) is 8.42 Å². The normalized spacial score (nSPS) is 12.1. The second-order valence-corrected chi connectivity index (χ2v) is 8.77. The number of guanidine groups is 1. The topological polar surface area (TPSA) is 61.8 Å². The first kappa shape index (κ1) is 21.3. The summed E-state index contributed by atoms with van der Waals surface area (Å²) in [7, 11) is -1.18. The van der Waals surface area contributed by atoms with Crippen LogP contribution in [0, 0.1) is 0 Å². The van der Waals surface area contributed by atoms with Crippen LogP contribution < -0.4 is 5.32 Å². The lowest BCUT2D eigenvalue weighted by Gasteiger charge is -2.22. The van der Waals surface area contributed by atoms with Crippen LogP contribution in [-0.4, -0.2) is 45.7 Å².